The Kier molecular flexibility index (Phi) is 3.76. The Morgan fingerprint density at radius 1 is 1.30 bits per heavy atom. The van der Waals surface area contributed by atoms with Gasteiger partial charge in [-0.25, -0.2) is 0 Å². The van der Waals surface area contributed by atoms with Crippen molar-refractivity contribution in [2.75, 3.05) is 7.11 Å². The van der Waals surface area contributed by atoms with Crippen molar-refractivity contribution in [2.24, 2.45) is 11.7 Å². The Balaban J connectivity index is 2.13. The van der Waals surface area contributed by atoms with E-state index in [9.17, 15) is 0 Å². The predicted molar refractivity (Wildman–Crippen MR) is 83.2 cm³/mol. The molecule has 2 bridgehead atoms. The number of hydrogen-bond acceptors (Lipinski definition) is 2. The predicted octanol–water partition coefficient (Wildman–Crippen LogP) is 3.81. The summed E-state index contributed by atoms with van der Waals surface area (Å²) in [7, 11) is 1.75. The van der Waals surface area contributed by atoms with Crippen LogP contribution < -0.4 is 10.5 Å². The Morgan fingerprint density at radius 2 is 2.15 bits per heavy atom. The Hall–Kier alpha value is -1.02. The number of ether oxygens (including phenoxy) is 1. The second-order valence-electron chi connectivity index (χ2n) is 6.62. The van der Waals surface area contributed by atoms with Gasteiger partial charge < -0.3 is 10.5 Å². The van der Waals surface area contributed by atoms with Crippen molar-refractivity contribution < 1.29 is 4.74 Å². The van der Waals surface area contributed by atoms with Crippen LogP contribution in [0.5, 0.6) is 5.75 Å². The lowest BCUT2D eigenvalue weighted by Crippen LogP contribution is -2.54. The quantitative estimate of drug-likeness (QED) is 0.889. The van der Waals surface area contributed by atoms with Gasteiger partial charge in [-0.1, -0.05) is 32.3 Å². The van der Waals surface area contributed by atoms with Gasteiger partial charge in [0.1, 0.15) is 5.75 Å². The smallest absolute Gasteiger partial charge is 0.119 e. The highest BCUT2D eigenvalue weighted by molar-refractivity contribution is 5.44. The van der Waals surface area contributed by atoms with Crippen molar-refractivity contribution in [2.45, 2.75) is 63.3 Å². The number of methoxy groups -OCH3 is 1. The zero-order valence-electron chi connectivity index (χ0n) is 12.8. The van der Waals surface area contributed by atoms with Crippen molar-refractivity contribution in [3.8, 4) is 5.75 Å². The van der Waals surface area contributed by atoms with Crippen molar-refractivity contribution in [1.82, 2.24) is 0 Å². The van der Waals surface area contributed by atoms with E-state index < -0.39 is 0 Å². The number of nitrogens with two attached hydrogens (primary N) is 1. The molecular formula is C18H27NO. The first-order valence-corrected chi connectivity index (χ1v) is 8.14. The van der Waals surface area contributed by atoms with Crippen LogP contribution in [0.25, 0.3) is 0 Å². The average Bonchev–Trinajstić information content (AvgIpc) is 2.48. The monoisotopic (exact) mass is 273 g/mol. The molecule has 1 fully saturated rings. The van der Waals surface area contributed by atoms with Gasteiger partial charge in [0.2, 0.25) is 0 Å². The second-order valence-corrected chi connectivity index (χ2v) is 6.62. The van der Waals surface area contributed by atoms with Crippen LogP contribution in [0.3, 0.4) is 0 Å². The summed E-state index contributed by atoms with van der Waals surface area (Å²) in [6.45, 7) is 2.31. The largest absolute Gasteiger partial charge is 0.497 e. The number of fused-ring (bicyclic) bond motifs is 4. The summed E-state index contributed by atoms with van der Waals surface area (Å²) in [5.74, 6) is 1.64. The minimum atomic E-state index is 0.174. The van der Waals surface area contributed by atoms with E-state index in [2.05, 4.69) is 25.1 Å². The highest BCUT2D eigenvalue weighted by Gasteiger charge is 2.45. The van der Waals surface area contributed by atoms with Crippen molar-refractivity contribution in [3.05, 3.63) is 29.3 Å². The third-order valence-corrected chi connectivity index (χ3v) is 5.81. The fraction of sp³-hybridized carbons (Fsp3) is 0.667. The third kappa shape index (κ3) is 2.05. The molecule has 1 aromatic carbocycles. The Morgan fingerprint density at radius 3 is 2.90 bits per heavy atom. The van der Waals surface area contributed by atoms with Gasteiger partial charge in [-0.3, -0.25) is 0 Å². The van der Waals surface area contributed by atoms with E-state index in [1.54, 1.807) is 7.11 Å². The van der Waals surface area contributed by atoms with Crippen molar-refractivity contribution in [3.63, 3.8) is 0 Å². The van der Waals surface area contributed by atoms with E-state index in [1.165, 1.54) is 43.2 Å². The maximum atomic E-state index is 6.76. The van der Waals surface area contributed by atoms with Crippen LogP contribution in [0.1, 0.15) is 56.6 Å². The molecule has 2 aliphatic carbocycles. The van der Waals surface area contributed by atoms with Gasteiger partial charge in [-0.05, 0) is 54.9 Å². The molecule has 0 aromatic heterocycles. The van der Waals surface area contributed by atoms with Crippen LogP contribution in [0.4, 0.5) is 0 Å². The minimum Gasteiger partial charge on any atom is -0.497 e. The van der Waals surface area contributed by atoms with E-state index in [4.69, 9.17) is 10.5 Å². The summed E-state index contributed by atoms with van der Waals surface area (Å²) < 4.78 is 5.46. The van der Waals surface area contributed by atoms with Gasteiger partial charge in [-0.15, -0.1) is 0 Å². The molecule has 2 unspecified atom stereocenters. The van der Waals surface area contributed by atoms with Gasteiger partial charge in [0.25, 0.3) is 0 Å². The molecular weight excluding hydrogens is 246 g/mol. The maximum Gasteiger partial charge on any atom is 0.119 e. The number of benzene rings is 1. The molecule has 110 valence electrons. The van der Waals surface area contributed by atoms with Gasteiger partial charge in [0.15, 0.2) is 0 Å². The van der Waals surface area contributed by atoms with Crippen LogP contribution in [0.2, 0.25) is 0 Å². The van der Waals surface area contributed by atoms with Gasteiger partial charge in [0, 0.05) is 11.5 Å². The van der Waals surface area contributed by atoms with Crippen LogP contribution in [0, 0.1) is 5.92 Å². The molecule has 0 spiro atoms. The molecule has 2 heteroatoms. The molecule has 0 saturated heterocycles. The number of hydrogen-bond donors (Lipinski definition) is 1. The normalized spacial score (nSPS) is 33.0. The molecule has 3 atom stereocenters. The molecule has 0 aliphatic heterocycles. The van der Waals surface area contributed by atoms with Crippen LogP contribution in [0.15, 0.2) is 18.2 Å². The van der Waals surface area contributed by atoms with Crippen LogP contribution >= 0.6 is 0 Å². The fourth-order valence-corrected chi connectivity index (χ4v) is 4.57. The molecule has 0 radical (unpaired) electrons. The Bertz CT molecular complexity index is 484. The fourth-order valence-electron chi connectivity index (χ4n) is 4.57. The standard InChI is InChI=1S/C18H27NO/c1-3-18-10-6-4-5-7-14(17(18)19)11-13-8-9-15(20-2)12-16(13)18/h8-9,12,14,17H,3-7,10-11,19H2,1-2H3/t14?,17?,18-/m1/s1. The molecule has 0 heterocycles. The molecule has 1 aromatic rings. The van der Waals surface area contributed by atoms with Gasteiger partial charge in [0.05, 0.1) is 7.11 Å². The topological polar surface area (TPSA) is 35.2 Å². The summed E-state index contributed by atoms with van der Waals surface area (Å²) >= 11 is 0. The van der Waals surface area contributed by atoms with Gasteiger partial charge >= 0.3 is 0 Å². The van der Waals surface area contributed by atoms with E-state index >= 15 is 0 Å². The van der Waals surface area contributed by atoms with Crippen molar-refractivity contribution in [1.29, 1.82) is 0 Å². The van der Waals surface area contributed by atoms with Crippen LogP contribution in [-0.2, 0) is 11.8 Å². The SMILES string of the molecule is CC[C@@]12CCCCCC(Cc3ccc(OC)cc31)C2N. The minimum absolute atomic E-state index is 0.174. The summed E-state index contributed by atoms with van der Waals surface area (Å²) in [5, 5.41) is 0. The first-order valence-electron chi connectivity index (χ1n) is 8.14. The zero-order chi connectivity index (χ0) is 14.2. The summed E-state index contributed by atoms with van der Waals surface area (Å²) in [6.07, 6.45) is 8.86. The van der Waals surface area contributed by atoms with Gasteiger partial charge in [-0.2, -0.15) is 0 Å². The van der Waals surface area contributed by atoms with E-state index in [0.29, 0.717) is 12.0 Å². The van der Waals surface area contributed by atoms with E-state index in [0.717, 1.165) is 18.6 Å². The highest BCUT2D eigenvalue weighted by atomic mass is 16.5. The summed E-state index contributed by atoms with van der Waals surface area (Å²) in [4.78, 5) is 0. The Labute approximate surface area is 122 Å². The van der Waals surface area contributed by atoms with E-state index in [1.807, 2.05) is 0 Å². The second kappa shape index (κ2) is 5.40. The molecule has 2 aliphatic rings. The lowest BCUT2D eigenvalue weighted by Gasteiger charge is -2.49. The summed E-state index contributed by atoms with van der Waals surface area (Å²) in [5.41, 5.74) is 9.93. The number of rotatable bonds is 2. The highest BCUT2D eigenvalue weighted by Crippen LogP contribution is 2.48. The maximum absolute atomic E-state index is 6.76. The lowest BCUT2D eigenvalue weighted by atomic mass is 9.58. The zero-order valence-corrected chi connectivity index (χ0v) is 12.8. The molecule has 2 N–H and O–H groups in total. The first kappa shape index (κ1) is 13.9. The first-order chi connectivity index (χ1) is 9.71. The van der Waals surface area contributed by atoms with Crippen molar-refractivity contribution >= 4 is 0 Å². The summed E-state index contributed by atoms with van der Waals surface area (Å²) in [6, 6.07) is 6.96. The van der Waals surface area contributed by atoms with E-state index in [-0.39, 0.29) is 5.41 Å². The lowest BCUT2D eigenvalue weighted by molar-refractivity contribution is 0.179. The van der Waals surface area contributed by atoms with Crippen LogP contribution in [-0.4, -0.2) is 13.2 Å². The molecule has 1 saturated carbocycles. The third-order valence-electron chi connectivity index (χ3n) is 5.81. The average molecular weight is 273 g/mol. The molecule has 0 amide bonds. The molecule has 2 nitrogen and oxygen atoms in total. The molecule has 3 rings (SSSR count). The molecule has 20 heavy (non-hydrogen) atoms.